The summed E-state index contributed by atoms with van der Waals surface area (Å²) in [6, 6.07) is 5.36. The van der Waals surface area contributed by atoms with E-state index in [2.05, 4.69) is 15.9 Å². The van der Waals surface area contributed by atoms with Gasteiger partial charge >= 0.3 is 5.97 Å². The summed E-state index contributed by atoms with van der Waals surface area (Å²) in [5.41, 5.74) is 0.651. The van der Waals surface area contributed by atoms with Gasteiger partial charge in [0, 0.05) is 10.0 Å². The number of hydrogen-bond acceptors (Lipinski definition) is 4. The Morgan fingerprint density at radius 1 is 1.40 bits per heavy atom. The van der Waals surface area contributed by atoms with Gasteiger partial charge in [0.15, 0.2) is 6.10 Å². The Hall–Kier alpha value is -1.07. The van der Waals surface area contributed by atoms with E-state index in [1.165, 1.54) is 0 Å². The van der Waals surface area contributed by atoms with Crippen LogP contribution < -0.4 is 4.74 Å². The SMILES string of the molecule is CCCC(Oc1cc(Br)ccc1[C@H](C)O)C(=O)OCC. The standard InChI is InChI=1S/C15H21BrO4/c1-4-6-13(15(18)19-5-2)20-14-9-11(16)7-8-12(14)10(3)17/h7-10,13,17H,4-6H2,1-3H3/t10-,13?/m0/s1. The molecule has 0 aromatic heterocycles. The Bertz CT molecular complexity index is 445. The second-order valence-electron chi connectivity index (χ2n) is 4.51. The lowest BCUT2D eigenvalue weighted by atomic mass is 10.1. The van der Waals surface area contributed by atoms with Crippen molar-refractivity contribution in [2.75, 3.05) is 6.61 Å². The van der Waals surface area contributed by atoms with Crippen molar-refractivity contribution in [1.29, 1.82) is 0 Å². The first-order valence-electron chi connectivity index (χ1n) is 6.80. The molecule has 4 nitrogen and oxygen atoms in total. The molecule has 112 valence electrons. The summed E-state index contributed by atoms with van der Waals surface area (Å²) in [5, 5.41) is 9.77. The molecule has 0 saturated carbocycles. The maximum Gasteiger partial charge on any atom is 0.347 e. The molecule has 1 rings (SSSR count). The maximum atomic E-state index is 11.9. The quantitative estimate of drug-likeness (QED) is 0.767. The van der Waals surface area contributed by atoms with Crippen molar-refractivity contribution in [2.24, 2.45) is 0 Å². The number of ether oxygens (including phenoxy) is 2. The van der Waals surface area contributed by atoms with Gasteiger partial charge in [-0.1, -0.05) is 35.3 Å². The molecule has 0 heterocycles. The second-order valence-corrected chi connectivity index (χ2v) is 5.42. The average Bonchev–Trinajstić information content (AvgIpc) is 2.38. The summed E-state index contributed by atoms with van der Waals surface area (Å²) in [5.74, 6) is 0.131. The van der Waals surface area contributed by atoms with E-state index in [0.29, 0.717) is 24.3 Å². The molecule has 0 fully saturated rings. The number of carbonyl (C=O) groups excluding carboxylic acids is 1. The van der Waals surface area contributed by atoms with Gasteiger partial charge in [-0.15, -0.1) is 0 Å². The van der Waals surface area contributed by atoms with Crippen LogP contribution in [-0.4, -0.2) is 23.8 Å². The largest absolute Gasteiger partial charge is 0.478 e. The molecule has 0 saturated heterocycles. The Kier molecular flexibility index (Phi) is 7.02. The van der Waals surface area contributed by atoms with E-state index >= 15 is 0 Å². The van der Waals surface area contributed by atoms with Gasteiger partial charge in [0.25, 0.3) is 0 Å². The minimum atomic E-state index is -0.664. The molecule has 1 aromatic carbocycles. The van der Waals surface area contributed by atoms with E-state index in [1.54, 1.807) is 26.0 Å². The highest BCUT2D eigenvalue weighted by Crippen LogP contribution is 2.30. The summed E-state index contributed by atoms with van der Waals surface area (Å²) >= 11 is 3.36. The minimum Gasteiger partial charge on any atom is -0.478 e. The lowest BCUT2D eigenvalue weighted by Gasteiger charge is -2.20. The summed E-state index contributed by atoms with van der Waals surface area (Å²) in [6.07, 6.45) is 0.0702. The number of benzene rings is 1. The van der Waals surface area contributed by atoms with E-state index in [-0.39, 0.29) is 5.97 Å². The number of halogens is 1. The van der Waals surface area contributed by atoms with Crippen LogP contribution in [0.1, 0.15) is 45.3 Å². The Morgan fingerprint density at radius 2 is 2.10 bits per heavy atom. The van der Waals surface area contributed by atoms with E-state index in [1.807, 2.05) is 13.0 Å². The molecule has 1 aromatic rings. The van der Waals surface area contributed by atoms with Crippen molar-refractivity contribution in [2.45, 2.75) is 45.8 Å². The average molecular weight is 345 g/mol. The van der Waals surface area contributed by atoms with E-state index in [4.69, 9.17) is 9.47 Å². The van der Waals surface area contributed by atoms with Crippen LogP contribution in [0.2, 0.25) is 0 Å². The monoisotopic (exact) mass is 344 g/mol. The number of esters is 1. The van der Waals surface area contributed by atoms with E-state index in [0.717, 1.165) is 10.9 Å². The van der Waals surface area contributed by atoms with Crippen LogP contribution >= 0.6 is 15.9 Å². The van der Waals surface area contributed by atoms with Crippen LogP contribution in [-0.2, 0) is 9.53 Å². The summed E-state index contributed by atoms with van der Waals surface area (Å²) in [6.45, 7) is 5.73. The van der Waals surface area contributed by atoms with Gasteiger partial charge in [0.1, 0.15) is 5.75 Å². The van der Waals surface area contributed by atoms with Gasteiger partial charge in [-0.2, -0.15) is 0 Å². The lowest BCUT2D eigenvalue weighted by molar-refractivity contribution is -0.151. The number of rotatable bonds is 7. The predicted molar refractivity (Wildman–Crippen MR) is 80.7 cm³/mol. The Balaban J connectivity index is 2.97. The van der Waals surface area contributed by atoms with Gasteiger partial charge in [-0.3, -0.25) is 0 Å². The zero-order valence-corrected chi connectivity index (χ0v) is 13.6. The first-order chi connectivity index (χ1) is 9.49. The van der Waals surface area contributed by atoms with Crippen LogP contribution in [0.3, 0.4) is 0 Å². The molecule has 2 atom stereocenters. The van der Waals surface area contributed by atoms with Gasteiger partial charge in [-0.05, 0) is 32.4 Å². The van der Waals surface area contributed by atoms with Crippen LogP contribution in [0.25, 0.3) is 0 Å². The van der Waals surface area contributed by atoms with Crippen molar-refractivity contribution in [1.82, 2.24) is 0 Å². The fraction of sp³-hybridized carbons (Fsp3) is 0.533. The van der Waals surface area contributed by atoms with Crippen molar-refractivity contribution in [3.63, 3.8) is 0 Å². The Morgan fingerprint density at radius 3 is 2.65 bits per heavy atom. The van der Waals surface area contributed by atoms with Crippen LogP contribution in [0, 0.1) is 0 Å². The molecule has 1 N–H and O–H groups in total. The van der Waals surface area contributed by atoms with Crippen molar-refractivity contribution in [3.05, 3.63) is 28.2 Å². The molecule has 0 aliphatic heterocycles. The predicted octanol–water partition coefficient (Wildman–Crippen LogP) is 3.61. The molecule has 0 spiro atoms. The third-order valence-corrected chi connectivity index (χ3v) is 3.29. The molecular weight excluding hydrogens is 324 g/mol. The molecule has 1 unspecified atom stereocenters. The number of aliphatic hydroxyl groups is 1. The summed E-state index contributed by atoms with van der Waals surface area (Å²) < 4.78 is 11.6. The number of aliphatic hydroxyl groups excluding tert-OH is 1. The van der Waals surface area contributed by atoms with Gasteiger partial charge in [0.2, 0.25) is 0 Å². The van der Waals surface area contributed by atoms with E-state index in [9.17, 15) is 9.90 Å². The molecule has 0 bridgehead atoms. The molecular formula is C15H21BrO4. The number of hydrogen-bond donors (Lipinski definition) is 1. The fourth-order valence-corrected chi connectivity index (χ4v) is 2.17. The lowest BCUT2D eigenvalue weighted by Crippen LogP contribution is -2.29. The molecule has 0 amide bonds. The van der Waals surface area contributed by atoms with E-state index < -0.39 is 12.2 Å². The zero-order chi connectivity index (χ0) is 15.1. The van der Waals surface area contributed by atoms with Crippen LogP contribution in [0.15, 0.2) is 22.7 Å². The summed E-state index contributed by atoms with van der Waals surface area (Å²) in [7, 11) is 0. The third-order valence-electron chi connectivity index (χ3n) is 2.80. The highest BCUT2D eigenvalue weighted by molar-refractivity contribution is 9.10. The summed E-state index contributed by atoms with van der Waals surface area (Å²) in [4.78, 5) is 11.9. The van der Waals surface area contributed by atoms with Gasteiger partial charge in [0.05, 0.1) is 12.7 Å². The molecule has 0 radical (unpaired) electrons. The normalized spacial score (nSPS) is 13.7. The first kappa shape index (κ1) is 17.0. The van der Waals surface area contributed by atoms with Gasteiger partial charge < -0.3 is 14.6 Å². The molecule has 0 aliphatic rings. The zero-order valence-electron chi connectivity index (χ0n) is 12.1. The minimum absolute atomic E-state index is 0.324. The fourth-order valence-electron chi connectivity index (χ4n) is 1.83. The highest BCUT2D eigenvalue weighted by atomic mass is 79.9. The van der Waals surface area contributed by atoms with Crippen LogP contribution in [0.4, 0.5) is 0 Å². The second kappa shape index (κ2) is 8.27. The van der Waals surface area contributed by atoms with Crippen LogP contribution in [0.5, 0.6) is 5.75 Å². The van der Waals surface area contributed by atoms with Crippen molar-refractivity contribution in [3.8, 4) is 5.75 Å². The molecule has 0 aliphatic carbocycles. The number of carbonyl (C=O) groups is 1. The third kappa shape index (κ3) is 4.80. The van der Waals surface area contributed by atoms with Gasteiger partial charge in [-0.25, -0.2) is 4.79 Å². The highest BCUT2D eigenvalue weighted by Gasteiger charge is 2.23. The molecule has 20 heavy (non-hydrogen) atoms. The topological polar surface area (TPSA) is 55.8 Å². The molecule has 5 heteroatoms. The van der Waals surface area contributed by atoms with Crippen molar-refractivity contribution >= 4 is 21.9 Å². The smallest absolute Gasteiger partial charge is 0.347 e. The Labute approximate surface area is 128 Å². The van der Waals surface area contributed by atoms with Crippen molar-refractivity contribution < 1.29 is 19.4 Å². The first-order valence-corrected chi connectivity index (χ1v) is 7.59. The maximum absolute atomic E-state index is 11.9.